The van der Waals surface area contributed by atoms with Crippen LogP contribution in [0.3, 0.4) is 0 Å². The lowest BCUT2D eigenvalue weighted by Gasteiger charge is -2.33. The molecule has 1 unspecified atom stereocenters. The molecule has 1 heterocycles. The first-order valence-electron chi connectivity index (χ1n) is 5.33. The summed E-state index contributed by atoms with van der Waals surface area (Å²) in [7, 11) is 0. The van der Waals surface area contributed by atoms with Gasteiger partial charge in [-0.1, -0.05) is 0 Å². The van der Waals surface area contributed by atoms with Crippen LogP contribution >= 0.6 is 34.4 Å². The molecule has 2 rings (SSSR count). The van der Waals surface area contributed by atoms with Crippen LogP contribution in [0.15, 0.2) is 24.3 Å². The second-order valence-corrected chi connectivity index (χ2v) is 6.32. The molecule has 1 amide bonds. The molecule has 0 radical (unpaired) electrons. The summed E-state index contributed by atoms with van der Waals surface area (Å²) in [5, 5.41) is 0. The second kappa shape index (κ2) is 5.40. The van der Waals surface area contributed by atoms with E-state index in [1.807, 2.05) is 40.9 Å². The summed E-state index contributed by atoms with van der Waals surface area (Å²) in [6.45, 7) is 2.99. The Bertz CT molecular complexity index is 379. The number of nitrogens with zero attached hydrogens (tertiary/aromatic N) is 1. The Hall–Kier alpha value is -0.230. The Labute approximate surface area is 114 Å². The first-order chi connectivity index (χ1) is 7.68. The van der Waals surface area contributed by atoms with Crippen LogP contribution in [0.25, 0.3) is 0 Å². The number of hydrogen-bond donors (Lipinski definition) is 0. The quantitative estimate of drug-likeness (QED) is 0.728. The van der Waals surface area contributed by atoms with Gasteiger partial charge in [0.05, 0.1) is 0 Å². The van der Waals surface area contributed by atoms with E-state index < -0.39 is 0 Å². The molecule has 0 aliphatic carbocycles. The fourth-order valence-corrected chi connectivity index (χ4v) is 3.16. The molecule has 2 nitrogen and oxygen atoms in total. The van der Waals surface area contributed by atoms with Crippen molar-refractivity contribution >= 4 is 40.3 Å². The van der Waals surface area contributed by atoms with E-state index in [4.69, 9.17) is 0 Å². The van der Waals surface area contributed by atoms with Crippen LogP contribution in [0.2, 0.25) is 0 Å². The van der Waals surface area contributed by atoms with E-state index in [0.29, 0.717) is 6.04 Å². The monoisotopic (exact) mass is 347 g/mol. The number of rotatable bonds is 1. The van der Waals surface area contributed by atoms with Crippen molar-refractivity contribution in [3.05, 3.63) is 33.4 Å². The van der Waals surface area contributed by atoms with Crippen LogP contribution in [0.1, 0.15) is 17.3 Å². The van der Waals surface area contributed by atoms with E-state index in [2.05, 4.69) is 29.5 Å². The summed E-state index contributed by atoms with van der Waals surface area (Å²) in [6, 6.07) is 8.15. The molecule has 0 saturated carbocycles. The van der Waals surface area contributed by atoms with E-state index >= 15 is 0 Å². The molecule has 86 valence electrons. The summed E-state index contributed by atoms with van der Waals surface area (Å²) >= 11 is 4.18. The highest BCUT2D eigenvalue weighted by Gasteiger charge is 2.24. The molecule has 1 aromatic rings. The summed E-state index contributed by atoms with van der Waals surface area (Å²) in [5.74, 6) is 2.28. The zero-order chi connectivity index (χ0) is 11.5. The maximum absolute atomic E-state index is 12.2. The first kappa shape index (κ1) is 12.2. The third kappa shape index (κ3) is 2.71. The molecule has 0 N–H and O–H groups in total. The highest BCUT2D eigenvalue weighted by molar-refractivity contribution is 14.1. The van der Waals surface area contributed by atoms with Crippen LogP contribution in [-0.4, -0.2) is 34.9 Å². The highest BCUT2D eigenvalue weighted by Crippen LogP contribution is 2.19. The van der Waals surface area contributed by atoms with Crippen molar-refractivity contribution in [2.45, 2.75) is 13.0 Å². The summed E-state index contributed by atoms with van der Waals surface area (Å²) in [5.41, 5.74) is 0.805. The molecule has 1 fully saturated rings. The van der Waals surface area contributed by atoms with Gasteiger partial charge < -0.3 is 4.90 Å². The van der Waals surface area contributed by atoms with Crippen molar-refractivity contribution in [1.82, 2.24) is 4.90 Å². The molecule has 1 aliphatic heterocycles. The lowest BCUT2D eigenvalue weighted by atomic mass is 10.1. The number of thioether (sulfide) groups is 1. The van der Waals surface area contributed by atoms with Gasteiger partial charge in [-0.25, -0.2) is 0 Å². The van der Waals surface area contributed by atoms with E-state index in [-0.39, 0.29) is 5.91 Å². The van der Waals surface area contributed by atoms with Gasteiger partial charge in [-0.15, -0.1) is 0 Å². The average Bonchev–Trinajstić information content (AvgIpc) is 2.30. The normalized spacial score (nSPS) is 20.9. The maximum atomic E-state index is 12.2. The van der Waals surface area contributed by atoms with Gasteiger partial charge in [0.2, 0.25) is 0 Å². The number of amides is 1. The topological polar surface area (TPSA) is 20.3 Å². The van der Waals surface area contributed by atoms with Crippen LogP contribution < -0.4 is 0 Å². The number of carbonyl (C=O) groups is 1. The Morgan fingerprint density at radius 3 is 2.75 bits per heavy atom. The molecule has 16 heavy (non-hydrogen) atoms. The average molecular weight is 347 g/mol. The molecule has 0 aromatic heterocycles. The lowest BCUT2D eigenvalue weighted by molar-refractivity contribution is 0.0716. The highest BCUT2D eigenvalue weighted by atomic mass is 127. The van der Waals surface area contributed by atoms with Crippen molar-refractivity contribution in [3.8, 4) is 0 Å². The Balaban J connectivity index is 2.14. The van der Waals surface area contributed by atoms with E-state index in [9.17, 15) is 4.79 Å². The van der Waals surface area contributed by atoms with E-state index in [1.165, 1.54) is 0 Å². The molecule has 1 atom stereocenters. The van der Waals surface area contributed by atoms with Gasteiger partial charge in [-0.05, 0) is 53.8 Å². The van der Waals surface area contributed by atoms with E-state index in [1.54, 1.807) is 0 Å². The van der Waals surface area contributed by atoms with Gasteiger partial charge in [0.25, 0.3) is 5.91 Å². The van der Waals surface area contributed by atoms with Crippen molar-refractivity contribution in [3.63, 3.8) is 0 Å². The number of benzene rings is 1. The van der Waals surface area contributed by atoms with Crippen molar-refractivity contribution in [2.24, 2.45) is 0 Å². The largest absolute Gasteiger partial charge is 0.334 e. The smallest absolute Gasteiger partial charge is 0.254 e. The predicted molar refractivity (Wildman–Crippen MR) is 77.0 cm³/mol. The van der Waals surface area contributed by atoms with Gasteiger partial charge in [0.1, 0.15) is 0 Å². The van der Waals surface area contributed by atoms with Crippen LogP contribution in [0, 0.1) is 3.57 Å². The summed E-state index contributed by atoms with van der Waals surface area (Å²) in [6.07, 6.45) is 0. The van der Waals surface area contributed by atoms with Gasteiger partial charge in [0, 0.05) is 33.2 Å². The van der Waals surface area contributed by atoms with Crippen LogP contribution in [-0.2, 0) is 0 Å². The van der Waals surface area contributed by atoms with E-state index in [0.717, 1.165) is 27.2 Å². The Morgan fingerprint density at radius 1 is 1.44 bits per heavy atom. The second-order valence-electron chi connectivity index (χ2n) is 3.93. The molecule has 0 bridgehead atoms. The number of carbonyl (C=O) groups excluding carboxylic acids is 1. The Morgan fingerprint density at radius 2 is 2.12 bits per heavy atom. The lowest BCUT2D eigenvalue weighted by Crippen LogP contribution is -2.44. The number of hydrogen-bond acceptors (Lipinski definition) is 2. The van der Waals surface area contributed by atoms with Crippen molar-refractivity contribution < 1.29 is 4.79 Å². The maximum Gasteiger partial charge on any atom is 0.254 e. The summed E-state index contributed by atoms with van der Waals surface area (Å²) in [4.78, 5) is 14.2. The molecule has 1 aliphatic rings. The zero-order valence-corrected chi connectivity index (χ0v) is 12.1. The van der Waals surface area contributed by atoms with Gasteiger partial charge in [-0.3, -0.25) is 4.79 Å². The molecule has 1 saturated heterocycles. The van der Waals surface area contributed by atoms with Gasteiger partial charge >= 0.3 is 0 Å². The van der Waals surface area contributed by atoms with Gasteiger partial charge in [0.15, 0.2) is 0 Å². The SMILES string of the molecule is CC1CSCCN1C(=O)c1ccc(I)cc1. The summed E-state index contributed by atoms with van der Waals surface area (Å²) < 4.78 is 1.16. The minimum atomic E-state index is 0.171. The van der Waals surface area contributed by atoms with Crippen molar-refractivity contribution in [1.29, 1.82) is 0 Å². The van der Waals surface area contributed by atoms with Crippen molar-refractivity contribution in [2.75, 3.05) is 18.1 Å². The fourth-order valence-electron chi connectivity index (χ4n) is 1.79. The van der Waals surface area contributed by atoms with Crippen LogP contribution in [0.5, 0.6) is 0 Å². The molecule has 1 aromatic carbocycles. The minimum absolute atomic E-state index is 0.171. The van der Waals surface area contributed by atoms with Crippen LogP contribution in [0.4, 0.5) is 0 Å². The first-order valence-corrected chi connectivity index (χ1v) is 7.56. The molecule has 0 spiro atoms. The molecular formula is C12H14INOS. The molecule has 4 heteroatoms. The number of halogens is 1. The van der Waals surface area contributed by atoms with Gasteiger partial charge in [-0.2, -0.15) is 11.8 Å². The minimum Gasteiger partial charge on any atom is -0.334 e. The molecular weight excluding hydrogens is 333 g/mol. The zero-order valence-electron chi connectivity index (χ0n) is 9.15. The third-order valence-electron chi connectivity index (χ3n) is 2.72. The standard InChI is InChI=1S/C12H14INOS/c1-9-8-16-7-6-14(9)12(15)10-2-4-11(13)5-3-10/h2-5,9H,6-8H2,1H3. The third-order valence-corrected chi connectivity index (χ3v) is 4.63. The fraction of sp³-hybridized carbons (Fsp3) is 0.417. The predicted octanol–water partition coefficient (Wildman–Crippen LogP) is 2.87. The Kier molecular flexibility index (Phi) is 4.13.